The van der Waals surface area contributed by atoms with Gasteiger partial charge in [0, 0.05) is 0 Å². The third-order valence-corrected chi connectivity index (χ3v) is 30.8. The van der Waals surface area contributed by atoms with Crippen molar-refractivity contribution in [2.45, 2.75) is 81.6 Å². The summed E-state index contributed by atoms with van der Waals surface area (Å²) in [6.45, 7) is 9.73. The molecule has 0 N–H and O–H groups in total. The van der Waals surface area contributed by atoms with Crippen LogP contribution in [0.3, 0.4) is 0 Å². The van der Waals surface area contributed by atoms with Gasteiger partial charge >= 0.3 is 280 Å². The molecule has 0 amide bonds. The van der Waals surface area contributed by atoms with Gasteiger partial charge in [-0.3, -0.25) is 0 Å². The van der Waals surface area contributed by atoms with Crippen LogP contribution in [0.1, 0.15) is 81.6 Å². The molecule has 264 valence electrons. The Morgan fingerprint density at radius 1 is 0.378 bits per heavy atom. The van der Waals surface area contributed by atoms with Crippen LogP contribution in [0.2, 0.25) is 0 Å². The van der Waals surface area contributed by atoms with E-state index in [0.717, 1.165) is 93.2 Å². The summed E-state index contributed by atoms with van der Waals surface area (Å²) < 4.78 is 45.7. The normalized spacial score (nSPS) is 23.7. The molecule has 0 aromatic rings. The molecular weight excluding hydrogens is 618 g/mol. The SMILES string of the molecule is CCP(F)(CC)(CC)CC1C=CC=CC1.CCP(F)(CC)(CC)CC1C=CC=CC1.CCP(F)(CC)(CC)CC1C=CC=CC1. The molecule has 3 atom stereocenters. The second kappa shape index (κ2) is 18.3. The molecule has 3 unspecified atom stereocenters. The fourth-order valence-electron chi connectivity index (χ4n) is 7.23. The molecule has 0 saturated carbocycles. The first kappa shape index (κ1) is 42.5. The van der Waals surface area contributed by atoms with Crippen LogP contribution in [0.4, 0.5) is 12.6 Å². The number of rotatable bonds is 15. The summed E-state index contributed by atoms with van der Waals surface area (Å²) >= 11 is 0. The zero-order valence-corrected chi connectivity index (χ0v) is 33.4. The molecule has 0 spiro atoms. The van der Waals surface area contributed by atoms with Crippen molar-refractivity contribution >= 4 is 20.7 Å². The molecule has 0 aromatic carbocycles. The van der Waals surface area contributed by atoms with Gasteiger partial charge in [0.05, 0.1) is 0 Å². The Hall–Kier alpha value is -0.480. The summed E-state index contributed by atoms with van der Waals surface area (Å²) in [6, 6.07) is 0. The molecule has 3 aliphatic carbocycles. The standard InChI is InChI=1S/3C13H24FP/c3*1-4-15(14,5-2,6-3)12-13-10-8-7-9-11-13/h3*7-10,13H,4-6,11-12H2,1-3H3. The fraction of sp³-hybridized carbons (Fsp3) is 0.692. The van der Waals surface area contributed by atoms with Gasteiger partial charge in [-0.15, -0.1) is 0 Å². The summed E-state index contributed by atoms with van der Waals surface area (Å²) in [5, 5.41) is 0. The van der Waals surface area contributed by atoms with Gasteiger partial charge in [-0.25, -0.2) is 0 Å². The molecule has 0 nitrogen and oxygen atoms in total. The maximum atomic E-state index is 15.2. The Morgan fingerprint density at radius 2 is 0.578 bits per heavy atom. The first-order chi connectivity index (χ1) is 21.2. The molecule has 6 heteroatoms. The Kier molecular flexibility index (Phi) is 17.3. The Balaban J connectivity index is 0.000000337. The van der Waals surface area contributed by atoms with E-state index in [1.165, 1.54) is 0 Å². The van der Waals surface area contributed by atoms with Crippen LogP contribution in [0.25, 0.3) is 0 Å². The topological polar surface area (TPSA) is 0 Å². The summed E-state index contributed by atoms with van der Waals surface area (Å²) in [7, 11) is 0. The number of hydrogen-bond donors (Lipinski definition) is 0. The predicted octanol–water partition coefficient (Wildman–Crippen LogP) is 13.8. The Morgan fingerprint density at radius 3 is 0.711 bits per heavy atom. The zero-order chi connectivity index (χ0) is 34.2. The molecule has 0 saturated heterocycles. The molecule has 0 heterocycles. The molecule has 0 aromatic heterocycles. The van der Waals surface area contributed by atoms with Crippen LogP contribution >= 0.6 is 20.7 Å². The van der Waals surface area contributed by atoms with Gasteiger partial charge in [-0.2, -0.15) is 0 Å². The number of allylic oxidation sites excluding steroid dienone is 12. The van der Waals surface area contributed by atoms with Gasteiger partial charge in [0.1, 0.15) is 0 Å². The van der Waals surface area contributed by atoms with Crippen LogP contribution in [0.5, 0.6) is 0 Å². The number of hydrogen-bond acceptors (Lipinski definition) is 0. The van der Waals surface area contributed by atoms with E-state index in [4.69, 9.17) is 0 Å². The van der Waals surface area contributed by atoms with Gasteiger partial charge in [0.2, 0.25) is 0 Å². The van der Waals surface area contributed by atoms with Crippen molar-refractivity contribution in [1.82, 2.24) is 0 Å². The van der Waals surface area contributed by atoms with Crippen molar-refractivity contribution < 1.29 is 12.6 Å². The third kappa shape index (κ3) is 12.5. The minimum absolute atomic E-state index is 0.442. The van der Waals surface area contributed by atoms with E-state index >= 15 is 12.6 Å². The molecule has 3 rings (SSSR count). The van der Waals surface area contributed by atoms with E-state index < -0.39 is 20.7 Å². The molecule has 0 fully saturated rings. The molecule has 0 radical (unpaired) electrons. The van der Waals surface area contributed by atoms with Crippen LogP contribution in [0.15, 0.2) is 72.9 Å². The van der Waals surface area contributed by atoms with E-state index in [2.05, 4.69) is 72.9 Å². The van der Waals surface area contributed by atoms with Crippen molar-refractivity contribution in [2.75, 3.05) is 73.9 Å². The third-order valence-electron chi connectivity index (χ3n) is 12.4. The van der Waals surface area contributed by atoms with Crippen LogP contribution in [-0.4, -0.2) is 73.9 Å². The zero-order valence-electron chi connectivity index (χ0n) is 30.7. The van der Waals surface area contributed by atoms with Gasteiger partial charge in [-0.05, 0) is 0 Å². The average Bonchev–Trinajstić information content (AvgIpc) is 3.10. The van der Waals surface area contributed by atoms with E-state index in [9.17, 15) is 0 Å². The second-order valence-corrected chi connectivity index (χ2v) is 32.0. The summed E-state index contributed by atoms with van der Waals surface area (Å²) in [6.07, 6.45) is 37.7. The van der Waals surface area contributed by atoms with E-state index in [1.807, 2.05) is 62.3 Å². The van der Waals surface area contributed by atoms with Crippen LogP contribution in [0, 0.1) is 17.8 Å². The van der Waals surface area contributed by atoms with Crippen molar-refractivity contribution in [2.24, 2.45) is 17.8 Å². The Labute approximate surface area is 278 Å². The first-order valence-electron chi connectivity index (χ1n) is 18.3. The van der Waals surface area contributed by atoms with Crippen molar-refractivity contribution in [3.05, 3.63) is 72.9 Å². The summed E-state index contributed by atoms with van der Waals surface area (Å²) in [5.74, 6) is 1.33. The van der Waals surface area contributed by atoms with E-state index in [1.54, 1.807) is 0 Å². The quantitative estimate of drug-likeness (QED) is 0.150. The van der Waals surface area contributed by atoms with Crippen LogP contribution in [-0.2, 0) is 0 Å². The van der Waals surface area contributed by atoms with Crippen molar-refractivity contribution in [3.8, 4) is 0 Å². The van der Waals surface area contributed by atoms with Crippen LogP contribution < -0.4 is 0 Å². The molecule has 3 aliphatic rings. The number of halogens is 3. The van der Waals surface area contributed by atoms with Gasteiger partial charge in [0.15, 0.2) is 0 Å². The fourth-order valence-corrected chi connectivity index (χ4v) is 17.9. The predicted molar refractivity (Wildman–Crippen MR) is 213 cm³/mol. The average molecular weight is 691 g/mol. The molecule has 0 aliphatic heterocycles. The van der Waals surface area contributed by atoms with E-state index in [-0.39, 0.29) is 0 Å². The van der Waals surface area contributed by atoms with Crippen molar-refractivity contribution in [3.63, 3.8) is 0 Å². The van der Waals surface area contributed by atoms with Gasteiger partial charge in [-0.1, -0.05) is 0 Å². The van der Waals surface area contributed by atoms with E-state index in [0.29, 0.717) is 17.8 Å². The first-order valence-corrected chi connectivity index (χ1v) is 26.9. The summed E-state index contributed by atoms with van der Waals surface area (Å²) in [5.41, 5.74) is 0. The Bertz CT molecular complexity index is 891. The molecule has 0 bridgehead atoms. The van der Waals surface area contributed by atoms with Gasteiger partial charge < -0.3 is 0 Å². The minimum atomic E-state index is -2.86. The van der Waals surface area contributed by atoms with Crippen molar-refractivity contribution in [1.29, 1.82) is 0 Å². The molecule has 45 heavy (non-hydrogen) atoms. The second-order valence-electron chi connectivity index (χ2n) is 14.3. The summed E-state index contributed by atoms with van der Waals surface area (Å²) in [4.78, 5) is 0. The molecular formula is C39H72F3P3. The monoisotopic (exact) mass is 690 g/mol. The van der Waals surface area contributed by atoms with Gasteiger partial charge in [0.25, 0.3) is 0 Å². The maximum absolute atomic E-state index is 15.2.